The van der Waals surface area contributed by atoms with E-state index in [1.54, 1.807) is 0 Å². The van der Waals surface area contributed by atoms with Crippen LogP contribution in [-0.4, -0.2) is 11.2 Å². The van der Waals surface area contributed by atoms with Crippen molar-refractivity contribution in [1.82, 2.24) is 0 Å². The molecule has 4 rings (SSSR count). The number of hydrogen-bond donors (Lipinski definition) is 1. The minimum absolute atomic E-state index is 0.0107. The zero-order valence-electron chi connectivity index (χ0n) is 20.4. The van der Waals surface area contributed by atoms with Crippen molar-refractivity contribution in [3.63, 3.8) is 0 Å². The molecule has 4 aliphatic rings. The van der Waals surface area contributed by atoms with Crippen molar-refractivity contribution in [2.45, 2.75) is 118 Å². The molecule has 4 fully saturated rings. The molecule has 29 heavy (non-hydrogen) atoms. The Morgan fingerprint density at radius 2 is 1.48 bits per heavy atom. The second-order valence-electron chi connectivity index (χ2n) is 13.1. The Hall–Kier alpha value is -0.0400. The fraction of sp³-hybridized carbons (Fsp3) is 1.00. The molecule has 1 heteroatoms. The Bertz CT molecular complexity index is 569. The molecule has 10 atom stereocenters. The van der Waals surface area contributed by atoms with Crippen molar-refractivity contribution in [1.29, 1.82) is 0 Å². The summed E-state index contributed by atoms with van der Waals surface area (Å²) in [6, 6.07) is 0. The molecule has 0 aromatic rings. The second kappa shape index (κ2) is 8.14. The first-order valence-electron chi connectivity index (χ1n) is 13.3. The van der Waals surface area contributed by atoms with Gasteiger partial charge in [-0.3, -0.25) is 0 Å². The molecule has 0 amide bonds. The summed E-state index contributed by atoms with van der Waals surface area (Å²) in [6.07, 6.45) is 15.1. The number of fused-ring (bicyclic) bond motifs is 5. The first-order valence-corrected chi connectivity index (χ1v) is 13.3. The lowest BCUT2D eigenvalue weighted by Crippen LogP contribution is -2.54. The van der Waals surface area contributed by atoms with E-state index in [1.807, 2.05) is 0 Å². The summed E-state index contributed by atoms with van der Waals surface area (Å²) in [5.41, 5.74) is 1.14. The lowest BCUT2D eigenvalue weighted by atomic mass is 9.44. The van der Waals surface area contributed by atoms with Crippen molar-refractivity contribution in [3.05, 3.63) is 0 Å². The SMILES string of the molecule is CC(C)[C@@H](C)CC[C@@H](C)[C@H]1CCC2C3CC[C@@H]4C[C@H](O)CC[C@]4(C)C3CC[C@@]21C. The molecule has 0 aliphatic heterocycles. The Morgan fingerprint density at radius 1 is 0.793 bits per heavy atom. The van der Waals surface area contributed by atoms with E-state index in [1.165, 1.54) is 57.8 Å². The standard InChI is InChI=1S/C28H50O/c1-18(2)19(3)7-8-20(4)24-11-12-25-23-10-9-21-17-22(29)13-15-27(21,5)26(23)14-16-28(24,25)6/h18-26,29H,7-17H2,1-6H3/t19-,20+,21+,22+,23?,24+,25?,26?,27-,28+/m0/s1. The monoisotopic (exact) mass is 402 g/mol. The average molecular weight is 403 g/mol. The minimum Gasteiger partial charge on any atom is -0.393 e. The van der Waals surface area contributed by atoms with Gasteiger partial charge in [0.1, 0.15) is 0 Å². The van der Waals surface area contributed by atoms with Crippen molar-refractivity contribution in [3.8, 4) is 0 Å². The molecule has 4 saturated carbocycles. The Labute approximate surface area is 181 Å². The number of aliphatic hydroxyl groups excluding tert-OH is 1. The van der Waals surface area contributed by atoms with Gasteiger partial charge in [-0.2, -0.15) is 0 Å². The highest BCUT2D eigenvalue weighted by Crippen LogP contribution is 2.68. The van der Waals surface area contributed by atoms with Gasteiger partial charge in [-0.25, -0.2) is 0 Å². The van der Waals surface area contributed by atoms with Crippen LogP contribution >= 0.6 is 0 Å². The summed E-state index contributed by atoms with van der Waals surface area (Å²) >= 11 is 0. The van der Waals surface area contributed by atoms with Crippen LogP contribution in [0.3, 0.4) is 0 Å². The highest BCUT2D eigenvalue weighted by Gasteiger charge is 2.60. The quantitative estimate of drug-likeness (QED) is 0.499. The molecule has 3 unspecified atom stereocenters. The third-order valence-corrected chi connectivity index (χ3v) is 11.6. The maximum Gasteiger partial charge on any atom is 0.0543 e. The van der Waals surface area contributed by atoms with Gasteiger partial charge >= 0.3 is 0 Å². The molecule has 0 radical (unpaired) electrons. The third kappa shape index (κ3) is 3.74. The van der Waals surface area contributed by atoms with Crippen molar-refractivity contribution in [2.24, 2.45) is 58.2 Å². The Balaban J connectivity index is 1.46. The third-order valence-electron chi connectivity index (χ3n) is 11.6. The summed E-state index contributed by atoms with van der Waals surface area (Å²) in [4.78, 5) is 0. The van der Waals surface area contributed by atoms with Gasteiger partial charge in [0.2, 0.25) is 0 Å². The predicted molar refractivity (Wildman–Crippen MR) is 124 cm³/mol. The van der Waals surface area contributed by atoms with E-state index in [-0.39, 0.29) is 6.10 Å². The molecule has 4 aliphatic carbocycles. The molecule has 1 N–H and O–H groups in total. The summed E-state index contributed by atoms with van der Waals surface area (Å²) in [6.45, 7) is 15.2. The molecule has 0 aromatic heterocycles. The first kappa shape index (κ1) is 22.2. The molecular formula is C28H50O. The van der Waals surface area contributed by atoms with Crippen molar-refractivity contribution >= 4 is 0 Å². The highest BCUT2D eigenvalue weighted by molar-refractivity contribution is 5.09. The van der Waals surface area contributed by atoms with Crippen molar-refractivity contribution in [2.75, 3.05) is 0 Å². The minimum atomic E-state index is -0.0107. The fourth-order valence-electron chi connectivity index (χ4n) is 9.27. The molecule has 0 aromatic carbocycles. The largest absolute Gasteiger partial charge is 0.393 e. The van der Waals surface area contributed by atoms with Gasteiger partial charge in [0.15, 0.2) is 0 Å². The van der Waals surface area contributed by atoms with Gasteiger partial charge in [-0.15, -0.1) is 0 Å². The number of hydrogen-bond acceptors (Lipinski definition) is 1. The maximum absolute atomic E-state index is 10.3. The smallest absolute Gasteiger partial charge is 0.0543 e. The van der Waals surface area contributed by atoms with Gasteiger partial charge in [-0.1, -0.05) is 54.4 Å². The van der Waals surface area contributed by atoms with Gasteiger partial charge < -0.3 is 5.11 Å². The topological polar surface area (TPSA) is 20.2 Å². The van der Waals surface area contributed by atoms with E-state index in [4.69, 9.17) is 0 Å². The van der Waals surface area contributed by atoms with Gasteiger partial charge in [0, 0.05) is 0 Å². The Kier molecular flexibility index (Phi) is 6.22. The van der Waals surface area contributed by atoms with Gasteiger partial charge in [-0.05, 0) is 116 Å². The van der Waals surface area contributed by atoms with E-state index < -0.39 is 0 Å². The average Bonchev–Trinajstić information content (AvgIpc) is 3.03. The molecule has 0 spiro atoms. The maximum atomic E-state index is 10.3. The summed E-state index contributed by atoms with van der Waals surface area (Å²) in [7, 11) is 0. The van der Waals surface area contributed by atoms with Crippen LogP contribution in [0.1, 0.15) is 112 Å². The van der Waals surface area contributed by atoms with Crippen LogP contribution < -0.4 is 0 Å². The van der Waals surface area contributed by atoms with E-state index in [9.17, 15) is 5.11 Å². The fourth-order valence-corrected chi connectivity index (χ4v) is 9.27. The van der Waals surface area contributed by atoms with Crippen LogP contribution in [0, 0.1) is 58.2 Å². The first-order chi connectivity index (χ1) is 13.7. The van der Waals surface area contributed by atoms with E-state index >= 15 is 0 Å². The van der Waals surface area contributed by atoms with Gasteiger partial charge in [0.25, 0.3) is 0 Å². The van der Waals surface area contributed by atoms with E-state index in [0.29, 0.717) is 10.8 Å². The lowest BCUT2D eigenvalue weighted by molar-refractivity contribution is -0.129. The van der Waals surface area contributed by atoms with Crippen LogP contribution in [0.25, 0.3) is 0 Å². The summed E-state index contributed by atoms with van der Waals surface area (Å²) in [5.74, 6) is 7.28. The molecule has 1 nitrogen and oxygen atoms in total. The number of rotatable bonds is 5. The van der Waals surface area contributed by atoms with Crippen molar-refractivity contribution < 1.29 is 5.11 Å². The highest BCUT2D eigenvalue weighted by atomic mass is 16.3. The molecule has 0 bridgehead atoms. The zero-order valence-corrected chi connectivity index (χ0v) is 20.4. The Morgan fingerprint density at radius 3 is 2.21 bits per heavy atom. The lowest BCUT2D eigenvalue weighted by Gasteiger charge is -2.61. The molecule has 168 valence electrons. The zero-order chi connectivity index (χ0) is 21.0. The summed E-state index contributed by atoms with van der Waals surface area (Å²) in [5, 5.41) is 10.3. The van der Waals surface area contributed by atoms with Crippen LogP contribution in [0.2, 0.25) is 0 Å². The number of aliphatic hydroxyl groups is 1. The predicted octanol–water partition coefficient (Wildman–Crippen LogP) is 7.71. The second-order valence-corrected chi connectivity index (χ2v) is 13.1. The van der Waals surface area contributed by atoms with E-state index in [0.717, 1.165) is 60.2 Å². The van der Waals surface area contributed by atoms with E-state index in [2.05, 4.69) is 41.5 Å². The van der Waals surface area contributed by atoms with Crippen LogP contribution in [0.15, 0.2) is 0 Å². The molecule has 0 saturated heterocycles. The molecule has 0 heterocycles. The van der Waals surface area contributed by atoms with Crippen LogP contribution in [-0.2, 0) is 0 Å². The molecular weight excluding hydrogens is 352 g/mol. The van der Waals surface area contributed by atoms with Crippen LogP contribution in [0.4, 0.5) is 0 Å². The summed E-state index contributed by atoms with van der Waals surface area (Å²) < 4.78 is 0. The normalized spacial score (nSPS) is 49.2. The van der Waals surface area contributed by atoms with Crippen LogP contribution in [0.5, 0.6) is 0 Å². The van der Waals surface area contributed by atoms with Gasteiger partial charge in [0.05, 0.1) is 6.10 Å².